The number of benzene rings is 1. The van der Waals surface area contributed by atoms with Gasteiger partial charge in [-0.3, -0.25) is 4.79 Å². The molecule has 3 aromatic rings. The van der Waals surface area contributed by atoms with Gasteiger partial charge in [0.15, 0.2) is 11.6 Å². The Morgan fingerprint density at radius 1 is 1.36 bits per heavy atom. The summed E-state index contributed by atoms with van der Waals surface area (Å²) >= 11 is 0. The van der Waals surface area contributed by atoms with Crippen LogP contribution in [0.25, 0.3) is 17.0 Å². The number of ether oxygens (including phenoxy) is 1. The van der Waals surface area contributed by atoms with Crippen LogP contribution >= 0.6 is 0 Å². The Bertz CT molecular complexity index is 1110. The van der Waals surface area contributed by atoms with Crippen LogP contribution in [0.2, 0.25) is 0 Å². The molecule has 2 N–H and O–H groups in total. The lowest BCUT2D eigenvalue weighted by Crippen LogP contribution is -2.24. The van der Waals surface area contributed by atoms with Crippen molar-refractivity contribution in [2.45, 2.75) is 13.5 Å². The second kappa shape index (κ2) is 7.19. The number of hydrogen-bond donors (Lipinski definition) is 1. The first-order valence-corrected chi connectivity index (χ1v) is 8.87. The van der Waals surface area contributed by atoms with Crippen molar-refractivity contribution in [3.8, 4) is 5.75 Å². The molecule has 0 atom stereocenters. The fourth-order valence-corrected chi connectivity index (χ4v) is 3.02. The molecule has 0 saturated heterocycles. The normalized spacial score (nSPS) is 13.3. The maximum absolute atomic E-state index is 12.5. The maximum atomic E-state index is 12.5. The fraction of sp³-hybridized carbons (Fsp3) is 0.190. The third kappa shape index (κ3) is 3.46. The van der Waals surface area contributed by atoms with E-state index in [0.717, 1.165) is 27.9 Å². The molecule has 0 bridgehead atoms. The predicted molar refractivity (Wildman–Crippen MR) is 107 cm³/mol. The molecule has 2 aromatic heterocycles. The Morgan fingerprint density at radius 2 is 2.18 bits per heavy atom. The minimum Gasteiger partial charge on any atom is -0.482 e. The first-order chi connectivity index (χ1) is 13.5. The number of furan rings is 1. The van der Waals surface area contributed by atoms with Crippen molar-refractivity contribution in [3.05, 3.63) is 59.5 Å². The van der Waals surface area contributed by atoms with E-state index in [9.17, 15) is 4.79 Å². The summed E-state index contributed by atoms with van der Waals surface area (Å²) in [5, 5.41) is 1.07. The quantitative estimate of drug-likeness (QED) is 0.706. The Morgan fingerprint density at radius 3 is 3.00 bits per heavy atom. The molecule has 7 nitrogen and oxygen atoms in total. The SMILES string of the molecule is Cc1c(CN(C)C(=O)/C=C/c2cnc3c(c2)OCC(N)=N3)oc2ccccc12. The number of amidine groups is 1. The number of aryl methyl sites for hydroxylation is 1. The summed E-state index contributed by atoms with van der Waals surface area (Å²) in [6, 6.07) is 9.63. The van der Waals surface area contributed by atoms with Gasteiger partial charge in [0.2, 0.25) is 5.91 Å². The number of nitrogens with two attached hydrogens (primary N) is 1. The molecular formula is C21H20N4O3. The van der Waals surface area contributed by atoms with Crippen molar-refractivity contribution >= 4 is 34.6 Å². The van der Waals surface area contributed by atoms with Gasteiger partial charge in [0, 0.05) is 30.3 Å². The van der Waals surface area contributed by atoms with Crippen LogP contribution in [0.1, 0.15) is 16.9 Å². The van der Waals surface area contributed by atoms with Gasteiger partial charge in [-0.25, -0.2) is 9.98 Å². The van der Waals surface area contributed by atoms with E-state index in [-0.39, 0.29) is 12.5 Å². The van der Waals surface area contributed by atoms with Crippen molar-refractivity contribution in [2.75, 3.05) is 13.7 Å². The first kappa shape index (κ1) is 17.8. The fourth-order valence-electron chi connectivity index (χ4n) is 3.02. The van der Waals surface area contributed by atoms with Crippen molar-refractivity contribution in [1.29, 1.82) is 0 Å². The zero-order valence-corrected chi connectivity index (χ0v) is 15.7. The molecule has 4 rings (SSSR count). The topological polar surface area (TPSA) is 94.0 Å². The molecule has 1 aromatic carbocycles. The molecule has 0 aliphatic carbocycles. The summed E-state index contributed by atoms with van der Waals surface area (Å²) in [5.74, 6) is 2.03. The molecule has 0 fully saturated rings. The molecule has 0 spiro atoms. The minimum absolute atomic E-state index is 0.138. The highest BCUT2D eigenvalue weighted by atomic mass is 16.5. The number of nitrogens with zero attached hydrogens (tertiary/aromatic N) is 3. The standard InChI is InChI=1S/C21H20N4O3/c1-13-15-5-3-4-6-16(15)28-18(13)11-25(2)20(26)8-7-14-9-17-21(23-10-14)24-19(22)12-27-17/h3-10H,11-12H2,1-2H3,(H2,22,23,24)/b8-7+. The van der Waals surface area contributed by atoms with Crippen LogP contribution in [-0.4, -0.2) is 35.3 Å². The van der Waals surface area contributed by atoms with E-state index in [1.54, 1.807) is 30.3 Å². The highest BCUT2D eigenvalue weighted by Gasteiger charge is 2.15. The van der Waals surface area contributed by atoms with E-state index in [0.29, 0.717) is 23.9 Å². The van der Waals surface area contributed by atoms with E-state index in [2.05, 4.69) is 9.98 Å². The number of carbonyl (C=O) groups excluding carboxylic acids is 1. The maximum Gasteiger partial charge on any atom is 0.246 e. The van der Waals surface area contributed by atoms with Gasteiger partial charge in [-0.1, -0.05) is 18.2 Å². The summed E-state index contributed by atoms with van der Waals surface area (Å²) in [4.78, 5) is 22.4. The Hall–Kier alpha value is -3.61. The van der Waals surface area contributed by atoms with Gasteiger partial charge >= 0.3 is 0 Å². The van der Waals surface area contributed by atoms with Crippen molar-refractivity contribution in [1.82, 2.24) is 9.88 Å². The van der Waals surface area contributed by atoms with Gasteiger partial charge in [0.1, 0.15) is 23.8 Å². The van der Waals surface area contributed by atoms with E-state index in [4.69, 9.17) is 14.9 Å². The molecule has 0 radical (unpaired) electrons. The highest BCUT2D eigenvalue weighted by molar-refractivity contribution is 5.92. The van der Waals surface area contributed by atoms with Crippen molar-refractivity contribution in [2.24, 2.45) is 10.7 Å². The molecule has 142 valence electrons. The summed E-state index contributed by atoms with van der Waals surface area (Å²) in [6.07, 6.45) is 4.82. The van der Waals surface area contributed by atoms with Crippen LogP contribution in [0.4, 0.5) is 5.82 Å². The van der Waals surface area contributed by atoms with Gasteiger partial charge in [0.05, 0.1) is 6.54 Å². The average molecular weight is 376 g/mol. The molecular weight excluding hydrogens is 356 g/mol. The van der Waals surface area contributed by atoms with Gasteiger partial charge < -0.3 is 19.8 Å². The second-order valence-electron chi connectivity index (χ2n) is 6.66. The number of para-hydroxylation sites is 1. The average Bonchev–Trinajstić information content (AvgIpc) is 3.01. The minimum atomic E-state index is -0.138. The van der Waals surface area contributed by atoms with Crippen LogP contribution in [0.15, 0.2) is 52.0 Å². The summed E-state index contributed by atoms with van der Waals surface area (Å²) in [5.41, 5.74) is 8.26. The molecule has 0 saturated carbocycles. The lowest BCUT2D eigenvalue weighted by molar-refractivity contribution is -0.125. The zero-order chi connectivity index (χ0) is 19.7. The van der Waals surface area contributed by atoms with Crippen LogP contribution < -0.4 is 10.5 Å². The molecule has 0 unspecified atom stereocenters. The molecule has 1 aliphatic heterocycles. The van der Waals surface area contributed by atoms with E-state index in [1.165, 1.54) is 6.08 Å². The zero-order valence-electron chi connectivity index (χ0n) is 15.7. The van der Waals surface area contributed by atoms with E-state index >= 15 is 0 Å². The molecule has 1 aliphatic rings. The highest BCUT2D eigenvalue weighted by Crippen LogP contribution is 2.29. The van der Waals surface area contributed by atoms with Crippen LogP contribution in [-0.2, 0) is 11.3 Å². The number of aliphatic imine (C=N–C) groups is 1. The van der Waals surface area contributed by atoms with Gasteiger partial charge in [0.25, 0.3) is 0 Å². The number of rotatable bonds is 4. The first-order valence-electron chi connectivity index (χ1n) is 8.87. The summed E-state index contributed by atoms with van der Waals surface area (Å²) in [7, 11) is 1.74. The molecule has 3 heterocycles. The van der Waals surface area contributed by atoms with Gasteiger partial charge in [-0.05, 0) is 30.7 Å². The number of likely N-dealkylation sites (N-methyl/N-ethyl adjacent to an activating group) is 1. The number of carbonyl (C=O) groups is 1. The molecule has 28 heavy (non-hydrogen) atoms. The largest absolute Gasteiger partial charge is 0.482 e. The Kier molecular flexibility index (Phi) is 4.57. The lowest BCUT2D eigenvalue weighted by Gasteiger charge is -2.14. The Balaban J connectivity index is 1.46. The summed E-state index contributed by atoms with van der Waals surface area (Å²) < 4.78 is 11.4. The number of amides is 1. The second-order valence-corrected chi connectivity index (χ2v) is 6.66. The number of pyridine rings is 1. The Labute approximate surface area is 162 Å². The lowest BCUT2D eigenvalue weighted by atomic mass is 10.1. The van der Waals surface area contributed by atoms with E-state index in [1.807, 2.05) is 31.2 Å². The van der Waals surface area contributed by atoms with Crippen LogP contribution in [0.3, 0.4) is 0 Å². The number of aromatic nitrogens is 1. The third-order valence-corrected chi connectivity index (χ3v) is 4.60. The number of hydrogen-bond acceptors (Lipinski definition) is 6. The predicted octanol–water partition coefficient (Wildman–Crippen LogP) is 3.19. The smallest absolute Gasteiger partial charge is 0.246 e. The van der Waals surface area contributed by atoms with Gasteiger partial charge in [-0.15, -0.1) is 0 Å². The number of fused-ring (bicyclic) bond motifs is 2. The monoisotopic (exact) mass is 376 g/mol. The summed E-state index contributed by atoms with van der Waals surface area (Å²) in [6.45, 7) is 2.63. The van der Waals surface area contributed by atoms with Gasteiger partial charge in [-0.2, -0.15) is 0 Å². The molecule has 7 heteroatoms. The van der Waals surface area contributed by atoms with Crippen molar-refractivity contribution in [3.63, 3.8) is 0 Å². The molecule has 1 amide bonds. The van der Waals surface area contributed by atoms with Crippen LogP contribution in [0.5, 0.6) is 5.75 Å². The van der Waals surface area contributed by atoms with Crippen molar-refractivity contribution < 1.29 is 13.9 Å². The van der Waals surface area contributed by atoms with E-state index < -0.39 is 0 Å². The third-order valence-electron chi connectivity index (χ3n) is 4.60. The van der Waals surface area contributed by atoms with Crippen LogP contribution in [0, 0.1) is 6.92 Å².